The van der Waals surface area contributed by atoms with Gasteiger partial charge in [-0.25, -0.2) is 8.42 Å². The number of hydrogen-bond acceptors (Lipinski definition) is 3. The molecule has 5 nitrogen and oxygen atoms in total. The molecule has 1 amide bonds. The maximum atomic E-state index is 13.1. The van der Waals surface area contributed by atoms with Crippen LogP contribution in [0.4, 0.5) is 13.2 Å². The zero-order valence-electron chi connectivity index (χ0n) is 14.6. The predicted octanol–water partition coefficient (Wildman–Crippen LogP) is 3.02. The Balaban J connectivity index is 2.08. The third kappa shape index (κ3) is 4.76. The van der Waals surface area contributed by atoms with E-state index in [1.54, 1.807) is 0 Å². The molecule has 0 atom stereocenters. The summed E-state index contributed by atoms with van der Waals surface area (Å²) in [5, 5.41) is 2.81. The van der Waals surface area contributed by atoms with Crippen molar-refractivity contribution in [2.75, 3.05) is 19.6 Å². The number of unbranched alkanes of at least 4 members (excludes halogenated alkanes) is 1. The number of piperidine rings is 1. The van der Waals surface area contributed by atoms with Gasteiger partial charge in [-0.15, -0.1) is 0 Å². The zero-order valence-corrected chi connectivity index (χ0v) is 15.4. The number of nitrogens with one attached hydrogen (secondary N) is 1. The van der Waals surface area contributed by atoms with E-state index in [2.05, 4.69) is 5.32 Å². The minimum atomic E-state index is -4.75. The van der Waals surface area contributed by atoms with Gasteiger partial charge in [0.2, 0.25) is 15.9 Å². The number of sulfonamides is 1. The van der Waals surface area contributed by atoms with E-state index < -0.39 is 26.7 Å². The Morgan fingerprint density at radius 3 is 2.42 bits per heavy atom. The average molecular weight is 392 g/mol. The number of amides is 1. The summed E-state index contributed by atoms with van der Waals surface area (Å²) in [6.07, 6.45) is -2.33. The Hall–Kier alpha value is -1.61. The summed E-state index contributed by atoms with van der Waals surface area (Å²) in [6.45, 7) is 2.64. The van der Waals surface area contributed by atoms with E-state index in [1.807, 2.05) is 6.92 Å². The monoisotopic (exact) mass is 392 g/mol. The molecule has 0 spiro atoms. The summed E-state index contributed by atoms with van der Waals surface area (Å²) in [7, 11) is -4.26. The van der Waals surface area contributed by atoms with Crippen LogP contribution in [0.3, 0.4) is 0 Å². The predicted molar refractivity (Wildman–Crippen MR) is 90.8 cm³/mol. The van der Waals surface area contributed by atoms with E-state index in [1.165, 1.54) is 6.07 Å². The van der Waals surface area contributed by atoms with Crippen LogP contribution in [-0.4, -0.2) is 38.3 Å². The van der Waals surface area contributed by atoms with Gasteiger partial charge in [0.1, 0.15) is 0 Å². The fourth-order valence-corrected chi connectivity index (χ4v) is 4.64. The third-order valence-corrected chi connectivity index (χ3v) is 6.42. The van der Waals surface area contributed by atoms with Gasteiger partial charge in [-0.3, -0.25) is 4.79 Å². The lowest BCUT2D eigenvalue weighted by atomic mass is 9.97. The Labute approximate surface area is 151 Å². The van der Waals surface area contributed by atoms with Crippen LogP contribution in [0.1, 0.15) is 38.2 Å². The van der Waals surface area contributed by atoms with Crippen molar-refractivity contribution < 1.29 is 26.4 Å². The minimum Gasteiger partial charge on any atom is -0.356 e. The van der Waals surface area contributed by atoms with Crippen molar-refractivity contribution in [3.05, 3.63) is 29.8 Å². The highest BCUT2D eigenvalue weighted by Crippen LogP contribution is 2.36. The molecule has 0 aromatic heterocycles. The zero-order chi connectivity index (χ0) is 19.4. The highest BCUT2D eigenvalue weighted by Gasteiger charge is 2.40. The number of alkyl halides is 3. The van der Waals surface area contributed by atoms with Gasteiger partial charge in [0.15, 0.2) is 0 Å². The third-order valence-electron chi connectivity index (χ3n) is 4.46. The number of hydrogen-bond donors (Lipinski definition) is 1. The number of benzene rings is 1. The van der Waals surface area contributed by atoms with E-state index in [0.29, 0.717) is 19.4 Å². The Bertz CT molecular complexity index is 727. The molecule has 0 radical (unpaired) electrons. The molecular formula is C17H23F3N2O3S. The molecule has 146 valence electrons. The summed E-state index contributed by atoms with van der Waals surface area (Å²) in [6, 6.07) is 4.17. The second-order valence-electron chi connectivity index (χ2n) is 6.32. The van der Waals surface area contributed by atoms with Gasteiger partial charge in [0.05, 0.1) is 10.5 Å². The molecule has 0 saturated carbocycles. The van der Waals surface area contributed by atoms with Gasteiger partial charge >= 0.3 is 6.18 Å². The minimum absolute atomic E-state index is 0.0282. The first-order chi connectivity index (χ1) is 12.2. The molecule has 2 rings (SSSR count). The maximum absolute atomic E-state index is 13.1. The van der Waals surface area contributed by atoms with Crippen LogP contribution in [0.2, 0.25) is 0 Å². The fraction of sp³-hybridized carbons (Fsp3) is 0.588. The summed E-state index contributed by atoms with van der Waals surface area (Å²) >= 11 is 0. The molecule has 0 bridgehead atoms. The largest absolute Gasteiger partial charge is 0.417 e. The molecule has 1 N–H and O–H groups in total. The second-order valence-corrected chi connectivity index (χ2v) is 8.22. The van der Waals surface area contributed by atoms with Crippen LogP contribution in [0.5, 0.6) is 0 Å². The quantitative estimate of drug-likeness (QED) is 0.757. The van der Waals surface area contributed by atoms with Crippen molar-refractivity contribution in [1.29, 1.82) is 0 Å². The lowest BCUT2D eigenvalue weighted by molar-refractivity contribution is -0.139. The Morgan fingerprint density at radius 2 is 1.85 bits per heavy atom. The first kappa shape index (κ1) is 20.7. The van der Waals surface area contributed by atoms with Crippen LogP contribution in [0.15, 0.2) is 29.2 Å². The van der Waals surface area contributed by atoms with Crippen molar-refractivity contribution in [3.63, 3.8) is 0 Å². The summed E-state index contributed by atoms with van der Waals surface area (Å²) in [4.78, 5) is 11.3. The lowest BCUT2D eigenvalue weighted by Crippen LogP contribution is -2.43. The van der Waals surface area contributed by atoms with E-state index >= 15 is 0 Å². The van der Waals surface area contributed by atoms with Crippen molar-refractivity contribution in [2.24, 2.45) is 5.92 Å². The molecule has 1 saturated heterocycles. The first-order valence-electron chi connectivity index (χ1n) is 8.62. The molecule has 1 aromatic carbocycles. The molecule has 1 aliphatic rings. The lowest BCUT2D eigenvalue weighted by Gasteiger charge is -2.31. The van der Waals surface area contributed by atoms with Crippen molar-refractivity contribution in [2.45, 2.75) is 43.7 Å². The first-order valence-corrected chi connectivity index (χ1v) is 10.1. The molecular weight excluding hydrogens is 369 g/mol. The molecule has 1 fully saturated rings. The van der Waals surface area contributed by atoms with E-state index in [-0.39, 0.29) is 24.9 Å². The van der Waals surface area contributed by atoms with Gasteiger partial charge in [0.25, 0.3) is 0 Å². The van der Waals surface area contributed by atoms with Crippen LogP contribution in [0.25, 0.3) is 0 Å². The topological polar surface area (TPSA) is 66.5 Å². The normalized spacial score (nSPS) is 17.2. The van der Waals surface area contributed by atoms with E-state index in [4.69, 9.17) is 0 Å². The maximum Gasteiger partial charge on any atom is 0.417 e. The summed E-state index contributed by atoms with van der Waals surface area (Å²) < 4.78 is 65.7. The van der Waals surface area contributed by atoms with Crippen LogP contribution in [0, 0.1) is 5.92 Å². The second kappa shape index (κ2) is 8.39. The molecule has 0 unspecified atom stereocenters. The van der Waals surface area contributed by atoms with Crippen LogP contribution in [-0.2, 0) is 21.0 Å². The molecule has 1 aromatic rings. The molecule has 1 heterocycles. The number of carbonyl (C=O) groups is 1. The van der Waals surface area contributed by atoms with Gasteiger partial charge in [-0.1, -0.05) is 25.5 Å². The SMILES string of the molecule is CCCCNC(=O)C1CCN(S(=O)(=O)c2ccccc2C(F)(F)F)CC1. The molecule has 1 aliphatic heterocycles. The van der Waals surface area contributed by atoms with Crippen molar-refractivity contribution in [1.82, 2.24) is 9.62 Å². The highest BCUT2D eigenvalue weighted by atomic mass is 32.2. The van der Waals surface area contributed by atoms with E-state index in [9.17, 15) is 26.4 Å². The molecule has 0 aliphatic carbocycles. The van der Waals surface area contributed by atoms with Gasteiger partial charge in [0, 0.05) is 25.6 Å². The Kier molecular flexibility index (Phi) is 6.68. The van der Waals surface area contributed by atoms with Crippen molar-refractivity contribution >= 4 is 15.9 Å². The number of nitrogens with zero attached hydrogens (tertiary/aromatic N) is 1. The average Bonchev–Trinajstić information content (AvgIpc) is 2.61. The number of rotatable bonds is 6. The molecule has 9 heteroatoms. The number of halogens is 3. The van der Waals surface area contributed by atoms with Crippen LogP contribution < -0.4 is 5.32 Å². The number of carbonyl (C=O) groups excluding carboxylic acids is 1. The summed E-state index contributed by atoms with van der Waals surface area (Å²) in [5.74, 6) is -0.428. The standard InChI is InChI=1S/C17H23F3N2O3S/c1-2-3-10-21-16(23)13-8-11-22(12-9-13)26(24,25)15-7-5-4-6-14(15)17(18,19)20/h4-7,13H,2-3,8-12H2,1H3,(H,21,23). The van der Waals surface area contributed by atoms with E-state index in [0.717, 1.165) is 35.3 Å². The van der Waals surface area contributed by atoms with Gasteiger partial charge < -0.3 is 5.32 Å². The summed E-state index contributed by atoms with van der Waals surface area (Å²) in [5.41, 5.74) is -1.17. The van der Waals surface area contributed by atoms with Crippen LogP contribution >= 0.6 is 0 Å². The smallest absolute Gasteiger partial charge is 0.356 e. The Morgan fingerprint density at radius 1 is 1.23 bits per heavy atom. The highest BCUT2D eigenvalue weighted by molar-refractivity contribution is 7.89. The van der Waals surface area contributed by atoms with Gasteiger partial charge in [-0.2, -0.15) is 17.5 Å². The fourth-order valence-electron chi connectivity index (χ4n) is 2.96. The van der Waals surface area contributed by atoms with Crippen molar-refractivity contribution in [3.8, 4) is 0 Å². The van der Waals surface area contributed by atoms with Gasteiger partial charge in [-0.05, 0) is 31.4 Å². The molecule has 26 heavy (non-hydrogen) atoms.